The number of aryl methyl sites for hydroxylation is 2. The van der Waals surface area contributed by atoms with Crippen molar-refractivity contribution in [1.82, 2.24) is 9.62 Å². The summed E-state index contributed by atoms with van der Waals surface area (Å²) in [7, 11) is -1.85. The van der Waals surface area contributed by atoms with Crippen molar-refractivity contribution in [2.75, 3.05) is 20.2 Å². The second-order valence-electron chi connectivity index (χ2n) is 9.33. The van der Waals surface area contributed by atoms with E-state index in [-0.39, 0.29) is 17.9 Å². The Morgan fingerprint density at radius 2 is 1.64 bits per heavy atom. The van der Waals surface area contributed by atoms with Crippen LogP contribution in [0, 0.1) is 19.8 Å². The summed E-state index contributed by atoms with van der Waals surface area (Å²) in [4.78, 5) is 13.3. The molecule has 0 saturated carbocycles. The van der Waals surface area contributed by atoms with Crippen molar-refractivity contribution in [3.8, 4) is 5.75 Å². The van der Waals surface area contributed by atoms with Gasteiger partial charge in [0.2, 0.25) is 15.9 Å². The fourth-order valence-corrected chi connectivity index (χ4v) is 5.91. The van der Waals surface area contributed by atoms with Crippen molar-refractivity contribution < 1.29 is 17.9 Å². The van der Waals surface area contributed by atoms with Gasteiger partial charge < -0.3 is 10.1 Å². The van der Waals surface area contributed by atoms with Gasteiger partial charge in [-0.25, -0.2) is 8.42 Å². The van der Waals surface area contributed by atoms with Gasteiger partial charge in [0.25, 0.3) is 0 Å². The number of amides is 1. The van der Waals surface area contributed by atoms with Crippen LogP contribution in [0.4, 0.5) is 0 Å². The minimum atomic E-state index is -3.53. The second-order valence-corrected chi connectivity index (χ2v) is 11.3. The van der Waals surface area contributed by atoms with Crippen LogP contribution in [-0.4, -0.2) is 38.8 Å². The number of piperidine rings is 1. The molecule has 3 rings (SSSR count). The first-order chi connectivity index (χ1) is 15.5. The predicted octanol–water partition coefficient (Wildman–Crippen LogP) is 4.71. The maximum atomic E-state index is 13.0. The van der Waals surface area contributed by atoms with E-state index in [1.165, 1.54) is 4.31 Å². The first-order valence-electron chi connectivity index (χ1n) is 11.6. The standard InChI is InChI=1S/C26H36N2O4S/c1-17(2)23-16-24(19(4)15-25(23)32-6)20(5)27-26(29)21-11-13-28(14-12-21)33(30,31)22-9-7-18(3)8-10-22/h7-10,15-17,20-21H,11-14H2,1-6H3,(H,27,29)/t20-/m0/s1. The van der Waals surface area contributed by atoms with Crippen LogP contribution in [0.25, 0.3) is 0 Å². The minimum Gasteiger partial charge on any atom is -0.496 e. The van der Waals surface area contributed by atoms with Crippen LogP contribution in [0.1, 0.15) is 67.8 Å². The summed E-state index contributed by atoms with van der Waals surface area (Å²) >= 11 is 0. The number of nitrogens with one attached hydrogen (secondary N) is 1. The van der Waals surface area contributed by atoms with Crippen LogP contribution in [-0.2, 0) is 14.8 Å². The molecule has 1 aliphatic rings. The van der Waals surface area contributed by atoms with Gasteiger partial charge in [-0.05, 0) is 80.5 Å². The molecule has 1 fully saturated rings. The minimum absolute atomic E-state index is 0.0174. The molecule has 7 heteroatoms. The van der Waals surface area contributed by atoms with Gasteiger partial charge in [-0.2, -0.15) is 4.31 Å². The number of hydrogen-bond donors (Lipinski definition) is 1. The third kappa shape index (κ3) is 5.58. The molecule has 33 heavy (non-hydrogen) atoms. The highest BCUT2D eigenvalue weighted by Gasteiger charge is 2.32. The molecule has 1 saturated heterocycles. The smallest absolute Gasteiger partial charge is 0.243 e. The molecule has 1 heterocycles. The lowest BCUT2D eigenvalue weighted by Crippen LogP contribution is -2.43. The number of carbonyl (C=O) groups excluding carboxylic acids is 1. The van der Waals surface area contributed by atoms with E-state index in [0.29, 0.717) is 36.7 Å². The molecule has 2 aromatic carbocycles. The lowest BCUT2D eigenvalue weighted by molar-refractivity contribution is -0.126. The van der Waals surface area contributed by atoms with E-state index in [1.54, 1.807) is 31.4 Å². The Balaban J connectivity index is 1.65. The lowest BCUT2D eigenvalue weighted by Gasteiger charge is -2.31. The van der Waals surface area contributed by atoms with Crippen LogP contribution in [0.2, 0.25) is 0 Å². The third-order valence-electron chi connectivity index (χ3n) is 6.55. The third-order valence-corrected chi connectivity index (χ3v) is 8.46. The fraction of sp³-hybridized carbons (Fsp3) is 0.500. The summed E-state index contributed by atoms with van der Waals surface area (Å²) in [5.41, 5.74) is 4.29. The van der Waals surface area contributed by atoms with E-state index in [1.807, 2.05) is 26.8 Å². The molecule has 1 amide bonds. The zero-order valence-corrected chi connectivity index (χ0v) is 21.3. The van der Waals surface area contributed by atoms with E-state index in [2.05, 4.69) is 25.2 Å². The van der Waals surface area contributed by atoms with E-state index >= 15 is 0 Å². The van der Waals surface area contributed by atoms with Crippen LogP contribution in [0.15, 0.2) is 41.3 Å². The highest BCUT2D eigenvalue weighted by Crippen LogP contribution is 2.32. The molecule has 0 aromatic heterocycles. The number of benzene rings is 2. The molecule has 2 aromatic rings. The highest BCUT2D eigenvalue weighted by molar-refractivity contribution is 7.89. The number of ether oxygens (including phenoxy) is 1. The van der Waals surface area contributed by atoms with Crippen molar-refractivity contribution in [1.29, 1.82) is 0 Å². The Bertz CT molecular complexity index is 1090. The maximum absolute atomic E-state index is 13.0. The SMILES string of the molecule is COc1cc(C)c([C@H](C)NC(=O)C2CCN(S(=O)(=O)c3ccc(C)cc3)CC2)cc1C(C)C. The fourth-order valence-electron chi connectivity index (χ4n) is 4.44. The van der Waals surface area contributed by atoms with Crippen molar-refractivity contribution in [2.45, 2.75) is 64.3 Å². The normalized spacial score (nSPS) is 16.6. The van der Waals surface area contributed by atoms with E-state index in [0.717, 1.165) is 28.0 Å². The summed E-state index contributed by atoms with van der Waals surface area (Å²) < 4.78 is 32.9. The molecule has 1 atom stereocenters. The molecule has 0 bridgehead atoms. The van der Waals surface area contributed by atoms with Crippen molar-refractivity contribution in [3.05, 3.63) is 58.7 Å². The molecule has 1 N–H and O–H groups in total. The Kier molecular flexibility index (Phi) is 7.85. The first-order valence-corrected chi connectivity index (χ1v) is 13.0. The summed E-state index contributed by atoms with van der Waals surface area (Å²) in [5, 5.41) is 3.15. The number of sulfonamides is 1. The Morgan fingerprint density at radius 1 is 1.03 bits per heavy atom. The molecule has 6 nitrogen and oxygen atoms in total. The maximum Gasteiger partial charge on any atom is 0.243 e. The van der Waals surface area contributed by atoms with Gasteiger partial charge in [-0.15, -0.1) is 0 Å². The van der Waals surface area contributed by atoms with Crippen LogP contribution >= 0.6 is 0 Å². The molecule has 1 aliphatic heterocycles. The van der Waals surface area contributed by atoms with E-state index in [4.69, 9.17) is 4.74 Å². The number of methoxy groups -OCH3 is 1. The number of rotatable bonds is 7. The molecule has 0 radical (unpaired) electrons. The summed E-state index contributed by atoms with van der Waals surface area (Å²) in [6.07, 6.45) is 1.03. The van der Waals surface area contributed by atoms with E-state index < -0.39 is 10.0 Å². The van der Waals surface area contributed by atoms with Gasteiger partial charge in [-0.3, -0.25) is 4.79 Å². The average Bonchev–Trinajstić information content (AvgIpc) is 2.78. The van der Waals surface area contributed by atoms with Crippen molar-refractivity contribution in [3.63, 3.8) is 0 Å². The van der Waals surface area contributed by atoms with Crippen molar-refractivity contribution in [2.24, 2.45) is 5.92 Å². The van der Waals surface area contributed by atoms with Crippen molar-refractivity contribution >= 4 is 15.9 Å². The van der Waals surface area contributed by atoms with Gasteiger partial charge >= 0.3 is 0 Å². The summed E-state index contributed by atoms with van der Waals surface area (Å²) in [6, 6.07) is 10.9. The lowest BCUT2D eigenvalue weighted by atomic mass is 9.92. The second kappa shape index (κ2) is 10.3. The number of carbonyl (C=O) groups is 1. The molecule has 0 aliphatic carbocycles. The van der Waals surface area contributed by atoms with Crippen LogP contribution < -0.4 is 10.1 Å². The van der Waals surface area contributed by atoms with Gasteiger partial charge in [0.15, 0.2) is 0 Å². The first kappa shape index (κ1) is 25.2. The predicted molar refractivity (Wildman–Crippen MR) is 131 cm³/mol. The van der Waals surface area contributed by atoms with Crippen LogP contribution in [0.3, 0.4) is 0 Å². The molecule has 180 valence electrons. The molecular formula is C26H36N2O4S. The van der Waals surface area contributed by atoms with E-state index in [9.17, 15) is 13.2 Å². The number of hydrogen-bond acceptors (Lipinski definition) is 4. The zero-order valence-electron chi connectivity index (χ0n) is 20.5. The Labute approximate surface area is 198 Å². The van der Waals surface area contributed by atoms with Gasteiger partial charge in [-0.1, -0.05) is 31.5 Å². The highest BCUT2D eigenvalue weighted by atomic mass is 32.2. The summed E-state index contributed by atoms with van der Waals surface area (Å²) in [5.74, 6) is 0.963. The number of nitrogens with zero attached hydrogens (tertiary/aromatic N) is 1. The van der Waals surface area contributed by atoms with Gasteiger partial charge in [0, 0.05) is 19.0 Å². The monoisotopic (exact) mass is 472 g/mol. The average molecular weight is 473 g/mol. The quantitative estimate of drug-likeness (QED) is 0.633. The van der Waals surface area contributed by atoms with Gasteiger partial charge in [0.1, 0.15) is 5.75 Å². The molecule has 0 spiro atoms. The Hall–Kier alpha value is -2.38. The van der Waals surface area contributed by atoms with Crippen LogP contribution in [0.5, 0.6) is 5.75 Å². The largest absolute Gasteiger partial charge is 0.496 e. The zero-order chi connectivity index (χ0) is 24.3. The summed E-state index contributed by atoms with van der Waals surface area (Å²) in [6.45, 7) is 10.9. The molecule has 0 unspecified atom stereocenters. The Morgan fingerprint density at radius 3 is 2.18 bits per heavy atom. The van der Waals surface area contributed by atoms with Gasteiger partial charge in [0.05, 0.1) is 18.0 Å². The molecular weight excluding hydrogens is 436 g/mol. The topological polar surface area (TPSA) is 75.7 Å².